The predicted octanol–water partition coefficient (Wildman–Crippen LogP) is 0.789. The van der Waals surface area contributed by atoms with E-state index >= 15 is 0 Å². The Balaban J connectivity index is 1.62. The van der Waals surface area contributed by atoms with E-state index < -0.39 is 0 Å². The van der Waals surface area contributed by atoms with Gasteiger partial charge in [0.1, 0.15) is 6.33 Å². The van der Waals surface area contributed by atoms with Crippen molar-refractivity contribution in [1.29, 1.82) is 0 Å². The number of carbonyl (C=O) groups is 1. The Bertz CT molecular complexity index is 593. The minimum Gasteiger partial charge on any atom is -0.378 e. The molecule has 1 unspecified atom stereocenters. The maximum atomic E-state index is 12.0. The summed E-state index contributed by atoms with van der Waals surface area (Å²) in [4.78, 5) is 16.1. The highest BCUT2D eigenvalue weighted by atomic mass is 16.5. The van der Waals surface area contributed by atoms with E-state index in [2.05, 4.69) is 25.8 Å². The SMILES string of the molecule is O=C(CC1COCCN1)Nc1cccc(-c2ncn[nH]2)c1. The van der Waals surface area contributed by atoms with Gasteiger partial charge in [0.25, 0.3) is 0 Å². The zero-order chi connectivity index (χ0) is 14.5. The van der Waals surface area contributed by atoms with Crippen LogP contribution in [0.5, 0.6) is 0 Å². The fourth-order valence-corrected chi connectivity index (χ4v) is 2.28. The van der Waals surface area contributed by atoms with Gasteiger partial charge < -0.3 is 15.4 Å². The Morgan fingerprint density at radius 2 is 2.43 bits per heavy atom. The smallest absolute Gasteiger partial charge is 0.226 e. The third kappa shape index (κ3) is 3.65. The molecule has 1 aromatic heterocycles. The predicted molar refractivity (Wildman–Crippen MR) is 77.7 cm³/mol. The first-order valence-electron chi connectivity index (χ1n) is 6.88. The molecule has 0 spiro atoms. The minimum atomic E-state index is -0.0345. The highest BCUT2D eigenvalue weighted by molar-refractivity contribution is 5.91. The summed E-state index contributed by atoms with van der Waals surface area (Å²) in [6, 6.07) is 7.57. The first kappa shape index (κ1) is 13.7. The first-order valence-corrected chi connectivity index (χ1v) is 6.88. The van der Waals surface area contributed by atoms with Crippen molar-refractivity contribution >= 4 is 11.6 Å². The Kier molecular flexibility index (Phi) is 4.23. The van der Waals surface area contributed by atoms with Crippen LogP contribution < -0.4 is 10.6 Å². The fraction of sp³-hybridized carbons (Fsp3) is 0.357. The second-order valence-corrected chi connectivity index (χ2v) is 4.89. The van der Waals surface area contributed by atoms with Crippen LogP contribution in [0, 0.1) is 0 Å². The van der Waals surface area contributed by atoms with Crippen molar-refractivity contribution in [2.75, 3.05) is 25.1 Å². The standard InChI is InChI=1S/C14H17N5O2/c20-13(7-12-8-21-5-4-15-12)18-11-3-1-2-10(6-11)14-16-9-17-19-14/h1-3,6,9,12,15H,4-5,7-8H2,(H,18,20)(H,16,17,19). The fourth-order valence-electron chi connectivity index (χ4n) is 2.28. The number of anilines is 1. The van der Waals surface area contributed by atoms with E-state index in [1.54, 1.807) is 0 Å². The second kappa shape index (κ2) is 6.47. The van der Waals surface area contributed by atoms with Crippen LogP contribution in [0.4, 0.5) is 5.69 Å². The van der Waals surface area contributed by atoms with Gasteiger partial charge in [-0.1, -0.05) is 12.1 Å². The highest BCUT2D eigenvalue weighted by Gasteiger charge is 2.17. The number of aromatic nitrogens is 3. The quantitative estimate of drug-likeness (QED) is 0.773. The molecule has 0 radical (unpaired) electrons. The van der Waals surface area contributed by atoms with E-state index in [1.165, 1.54) is 6.33 Å². The number of ether oxygens (including phenoxy) is 1. The second-order valence-electron chi connectivity index (χ2n) is 4.89. The van der Waals surface area contributed by atoms with Gasteiger partial charge >= 0.3 is 0 Å². The van der Waals surface area contributed by atoms with E-state index in [9.17, 15) is 4.79 Å². The number of nitrogens with zero attached hydrogens (tertiary/aromatic N) is 2. The Labute approximate surface area is 122 Å². The van der Waals surface area contributed by atoms with Gasteiger partial charge in [-0.2, -0.15) is 5.10 Å². The van der Waals surface area contributed by atoms with Crippen molar-refractivity contribution in [2.45, 2.75) is 12.5 Å². The normalized spacial score (nSPS) is 18.4. The summed E-state index contributed by atoms with van der Waals surface area (Å²) in [6.45, 7) is 2.07. The largest absolute Gasteiger partial charge is 0.378 e. The number of rotatable bonds is 4. The van der Waals surface area contributed by atoms with Crippen molar-refractivity contribution in [3.63, 3.8) is 0 Å². The number of hydrogen-bond acceptors (Lipinski definition) is 5. The molecule has 1 atom stereocenters. The number of morpholine rings is 1. The third-order valence-electron chi connectivity index (χ3n) is 3.27. The van der Waals surface area contributed by atoms with Crippen LogP contribution >= 0.6 is 0 Å². The molecule has 0 aliphatic carbocycles. The van der Waals surface area contributed by atoms with E-state index in [0.717, 1.165) is 17.8 Å². The number of aromatic amines is 1. The lowest BCUT2D eigenvalue weighted by molar-refractivity contribution is -0.117. The molecule has 1 fully saturated rings. The van der Waals surface area contributed by atoms with Gasteiger partial charge in [0.15, 0.2) is 5.82 Å². The third-order valence-corrected chi connectivity index (χ3v) is 3.27. The number of H-pyrrole nitrogens is 1. The summed E-state index contributed by atoms with van der Waals surface area (Å²) in [5, 5.41) is 12.8. The molecule has 1 amide bonds. The minimum absolute atomic E-state index is 0.0345. The van der Waals surface area contributed by atoms with Crippen molar-refractivity contribution in [1.82, 2.24) is 20.5 Å². The molecule has 0 saturated carbocycles. The Morgan fingerprint density at radius 3 is 3.19 bits per heavy atom. The molecule has 3 rings (SSSR count). The lowest BCUT2D eigenvalue weighted by Crippen LogP contribution is -2.43. The molecule has 110 valence electrons. The molecule has 1 aliphatic heterocycles. The number of benzene rings is 1. The van der Waals surface area contributed by atoms with Crippen LogP contribution in [-0.2, 0) is 9.53 Å². The van der Waals surface area contributed by atoms with Crippen LogP contribution in [0.15, 0.2) is 30.6 Å². The van der Waals surface area contributed by atoms with E-state index in [-0.39, 0.29) is 11.9 Å². The summed E-state index contributed by atoms with van der Waals surface area (Å²) in [7, 11) is 0. The molecule has 2 heterocycles. The number of amides is 1. The average Bonchev–Trinajstić information content (AvgIpc) is 3.02. The molecule has 3 N–H and O–H groups in total. The Morgan fingerprint density at radius 1 is 1.48 bits per heavy atom. The molecule has 0 bridgehead atoms. The van der Waals surface area contributed by atoms with Crippen LogP contribution in [0.2, 0.25) is 0 Å². The lowest BCUT2D eigenvalue weighted by Gasteiger charge is -2.23. The van der Waals surface area contributed by atoms with Gasteiger partial charge in [0, 0.05) is 30.3 Å². The summed E-state index contributed by atoms with van der Waals surface area (Å²) in [5.41, 5.74) is 1.62. The Hall–Kier alpha value is -2.25. The van der Waals surface area contributed by atoms with E-state index in [1.807, 2.05) is 24.3 Å². The van der Waals surface area contributed by atoms with Gasteiger partial charge in [0.2, 0.25) is 5.91 Å². The highest BCUT2D eigenvalue weighted by Crippen LogP contribution is 2.18. The number of nitrogens with one attached hydrogen (secondary N) is 3. The maximum absolute atomic E-state index is 12.0. The van der Waals surface area contributed by atoms with Gasteiger partial charge in [0.05, 0.1) is 13.2 Å². The molecule has 2 aromatic rings. The zero-order valence-electron chi connectivity index (χ0n) is 11.5. The number of carbonyl (C=O) groups excluding carboxylic acids is 1. The monoisotopic (exact) mass is 287 g/mol. The average molecular weight is 287 g/mol. The first-order chi connectivity index (χ1) is 10.3. The van der Waals surface area contributed by atoms with Crippen molar-refractivity contribution in [3.05, 3.63) is 30.6 Å². The molecule has 1 saturated heterocycles. The topological polar surface area (TPSA) is 91.9 Å². The van der Waals surface area contributed by atoms with E-state index in [4.69, 9.17) is 4.74 Å². The van der Waals surface area contributed by atoms with Crippen molar-refractivity contribution in [2.24, 2.45) is 0 Å². The van der Waals surface area contributed by atoms with Gasteiger partial charge in [-0.25, -0.2) is 4.98 Å². The molecule has 21 heavy (non-hydrogen) atoms. The zero-order valence-corrected chi connectivity index (χ0v) is 11.5. The lowest BCUT2D eigenvalue weighted by atomic mass is 10.1. The van der Waals surface area contributed by atoms with Crippen LogP contribution in [-0.4, -0.2) is 46.9 Å². The van der Waals surface area contributed by atoms with Crippen LogP contribution in [0.25, 0.3) is 11.4 Å². The summed E-state index contributed by atoms with van der Waals surface area (Å²) in [5.74, 6) is 0.640. The van der Waals surface area contributed by atoms with Crippen molar-refractivity contribution < 1.29 is 9.53 Å². The molecule has 1 aromatic carbocycles. The van der Waals surface area contributed by atoms with Gasteiger partial charge in [-0.3, -0.25) is 9.89 Å². The van der Waals surface area contributed by atoms with Gasteiger partial charge in [-0.15, -0.1) is 0 Å². The van der Waals surface area contributed by atoms with Crippen LogP contribution in [0.3, 0.4) is 0 Å². The summed E-state index contributed by atoms with van der Waals surface area (Å²) in [6.07, 6.45) is 1.85. The molecule has 7 heteroatoms. The molecular weight excluding hydrogens is 270 g/mol. The molecule has 1 aliphatic rings. The summed E-state index contributed by atoms with van der Waals surface area (Å²) < 4.78 is 5.34. The molecular formula is C14H17N5O2. The van der Waals surface area contributed by atoms with Gasteiger partial charge in [-0.05, 0) is 12.1 Å². The van der Waals surface area contributed by atoms with Crippen LogP contribution in [0.1, 0.15) is 6.42 Å². The summed E-state index contributed by atoms with van der Waals surface area (Å²) >= 11 is 0. The van der Waals surface area contributed by atoms with E-state index in [0.29, 0.717) is 25.5 Å². The number of hydrogen-bond donors (Lipinski definition) is 3. The molecule has 7 nitrogen and oxygen atoms in total. The maximum Gasteiger partial charge on any atom is 0.226 e. The van der Waals surface area contributed by atoms with Crippen molar-refractivity contribution in [3.8, 4) is 11.4 Å².